The highest BCUT2D eigenvalue weighted by Gasteiger charge is 2.36. The summed E-state index contributed by atoms with van der Waals surface area (Å²) in [5, 5.41) is 0. The number of piperidine rings is 1. The largest absolute Gasteiger partial charge is 0.416 e. The Bertz CT molecular complexity index is 753. The third kappa shape index (κ3) is 3.18. The molecule has 2 amide bonds. The Balaban J connectivity index is 1.87. The zero-order valence-corrected chi connectivity index (χ0v) is 12.6. The first-order valence-electron chi connectivity index (χ1n) is 7.44. The molecule has 0 spiro atoms. The van der Waals surface area contributed by atoms with E-state index in [9.17, 15) is 22.8 Å². The minimum Gasteiger partial charge on any atom is -0.274 e. The Labute approximate surface area is 136 Å². The van der Waals surface area contributed by atoms with Gasteiger partial charge in [-0.3, -0.25) is 14.5 Å². The number of anilines is 1. The van der Waals surface area contributed by atoms with Gasteiger partial charge in [0.15, 0.2) is 0 Å². The van der Waals surface area contributed by atoms with E-state index in [1.165, 1.54) is 12.1 Å². The van der Waals surface area contributed by atoms with Gasteiger partial charge in [-0.05, 0) is 23.8 Å². The zero-order chi connectivity index (χ0) is 17.3. The van der Waals surface area contributed by atoms with E-state index < -0.39 is 23.6 Å². The molecule has 24 heavy (non-hydrogen) atoms. The van der Waals surface area contributed by atoms with Crippen molar-refractivity contribution < 1.29 is 22.8 Å². The summed E-state index contributed by atoms with van der Waals surface area (Å²) < 4.78 is 38.5. The van der Waals surface area contributed by atoms with Crippen LogP contribution in [0.15, 0.2) is 54.6 Å². The van der Waals surface area contributed by atoms with E-state index >= 15 is 0 Å². The molecule has 0 N–H and O–H groups in total. The predicted molar refractivity (Wildman–Crippen MR) is 82.4 cm³/mol. The summed E-state index contributed by atoms with van der Waals surface area (Å²) in [6, 6.07) is 13.4. The van der Waals surface area contributed by atoms with Gasteiger partial charge in [0.25, 0.3) is 0 Å². The molecule has 0 bridgehead atoms. The second-order valence-corrected chi connectivity index (χ2v) is 5.69. The number of halogens is 3. The molecule has 1 fully saturated rings. The Morgan fingerprint density at radius 1 is 0.875 bits per heavy atom. The molecule has 0 atom stereocenters. The number of imide groups is 1. The highest BCUT2D eigenvalue weighted by molar-refractivity contribution is 6.17. The van der Waals surface area contributed by atoms with E-state index in [2.05, 4.69) is 0 Å². The molecular weight excluding hydrogens is 319 g/mol. The van der Waals surface area contributed by atoms with E-state index in [0.717, 1.165) is 22.6 Å². The predicted octanol–water partition coefficient (Wildman–Crippen LogP) is 4.14. The summed E-state index contributed by atoms with van der Waals surface area (Å²) in [5.41, 5.74) is -0.0417. The maximum Gasteiger partial charge on any atom is 0.416 e. The quantitative estimate of drug-likeness (QED) is 0.775. The second kappa shape index (κ2) is 6.11. The van der Waals surface area contributed by atoms with Crippen LogP contribution in [0, 0.1) is 0 Å². The van der Waals surface area contributed by atoms with Crippen LogP contribution in [0.4, 0.5) is 18.9 Å². The molecule has 2 aromatic rings. The smallest absolute Gasteiger partial charge is 0.274 e. The maximum absolute atomic E-state index is 12.8. The number of rotatable bonds is 2. The molecule has 0 radical (unpaired) electrons. The Hall–Kier alpha value is -2.63. The molecule has 0 aromatic heterocycles. The van der Waals surface area contributed by atoms with Gasteiger partial charge in [-0.2, -0.15) is 13.2 Å². The lowest BCUT2D eigenvalue weighted by atomic mass is 9.88. The number of nitrogens with zero attached hydrogens (tertiary/aromatic N) is 1. The van der Waals surface area contributed by atoms with Crippen LogP contribution in [0.3, 0.4) is 0 Å². The summed E-state index contributed by atoms with van der Waals surface area (Å²) in [6.07, 6.45) is -4.34. The van der Waals surface area contributed by atoms with Gasteiger partial charge in [0.05, 0.1) is 11.3 Å². The van der Waals surface area contributed by atoms with E-state index in [1.54, 1.807) is 0 Å². The Morgan fingerprint density at radius 3 is 2.08 bits per heavy atom. The molecule has 0 unspecified atom stereocenters. The molecule has 2 aromatic carbocycles. The minimum atomic E-state index is -4.52. The van der Waals surface area contributed by atoms with Crippen LogP contribution < -0.4 is 4.90 Å². The molecule has 124 valence electrons. The van der Waals surface area contributed by atoms with Gasteiger partial charge in [0.1, 0.15) is 0 Å². The SMILES string of the molecule is O=C1CC(c2ccccc2)CC(=O)N1c1cccc(C(F)(F)F)c1. The van der Waals surface area contributed by atoms with Crippen molar-refractivity contribution >= 4 is 17.5 Å². The molecule has 3 rings (SSSR count). The lowest BCUT2D eigenvalue weighted by Crippen LogP contribution is -2.42. The minimum absolute atomic E-state index is 0.0358. The van der Waals surface area contributed by atoms with Crippen molar-refractivity contribution in [2.24, 2.45) is 0 Å². The molecule has 0 aliphatic carbocycles. The van der Waals surface area contributed by atoms with Crippen LogP contribution in [0.25, 0.3) is 0 Å². The molecule has 1 saturated heterocycles. The third-order valence-electron chi connectivity index (χ3n) is 4.04. The van der Waals surface area contributed by atoms with Crippen molar-refractivity contribution in [2.45, 2.75) is 24.9 Å². The number of carbonyl (C=O) groups excluding carboxylic acids is 2. The van der Waals surface area contributed by atoms with E-state index in [0.29, 0.717) is 0 Å². The van der Waals surface area contributed by atoms with Gasteiger partial charge in [0, 0.05) is 18.8 Å². The molecule has 1 aliphatic heterocycles. The number of carbonyl (C=O) groups is 2. The number of amides is 2. The fraction of sp³-hybridized carbons (Fsp3) is 0.222. The zero-order valence-electron chi connectivity index (χ0n) is 12.6. The first kappa shape index (κ1) is 16.2. The monoisotopic (exact) mass is 333 g/mol. The van der Waals surface area contributed by atoms with Gasteiger partial charge in [-0.25, -0.2) is 0 Å². The fourth-order valence-electron chi connectivity index (χ4n) is 2.89. The number of benzene rings is 2. The van der Waals surface area contributed by atoms with Crippen LogP contribution in [0.2, 0.25) is 0 Å². The first-order valence-corrected chi connectivity index (χ1v) is 7.44. The van der Waals surface area contributed by atoms with Gasteiger partial charge >= 0.3 is 6.18 Å². The van der Waals surface area contributed by atoms with Crippen molar-refractivity contribution in [2.75, 3.05) is 4.90 Å². The average molecular weight is 333 g/mol. The van der Waals surface area contributed by atoms with E-state index in [1.807, 2.05) is 30.3 Å². The second-order valence-electron chi connectivity index (χ2n) is 5.69. The first-order chi connectivity index (χ1) is 11.4. The molecule has 1 heterocycles. The molecule has 3 nitrogen and oxygen atoms in total. The summed E-state index contributed by atoms with van der Waals surface area (Å²) in [6.45, 7) is 0. The van der Waals surface area contributed by atoms with Crippen molar-refractivity contribution in [1.82, 2.24) is 0 Å². The normalized spacial score (nSPS) is 16.5. The van der Waals surface area contributed by atoms with Crippen LogP contribution in [-0.4, -0.2) is 11.8 Å². The number of alkyl halides is 3. The van der Waals surface area contributed by atoms with Crippen LogP contribution in [0.1, 0.15) is 29.9 Å². The van der Waals surface area contributed by atoms with Crippen LogP contribution in [0.5, 0.6) is 0 Å². The molecule has 6 heteroatoms. The van der Waals surface area contributed by atoms with E-state index in [-0.39, 0.29) is 24.4 Å². The van der Waals surface area contributed by atoms with Gasteiger partial charge < -0.3 is 0 Å². The number of hydrogen-bond donors (Lipinski definition) is 0. The van der Waals surface area contributed by atoms with Crippen molar-refractivity contribution in [1.29, 1.82) is 0 Å². The topological polar surface area (TPSA) is 37.4 Å². The van der Waals surface area contributed by atoms with Crippen molar-refractivity contribution in [3.8, 4) is 0 Å². The van der Waals surface area contributed by atoms with E-state index in [4.69, 9.17) is 0 Å². The maximum atomic E-state index is 12.8. The molecule has 1 aliphatic rings. The van der Waals surface area contributed by atoms with Gasteiger partial charge in [-0.15, -0.1) is 0 Å². The lowest BCUT2D eigenvalue weighted by Gasteiger charge is -2.30. The number of hydrogen-bond acceptors (Lipinski definition) is 2. The highest BCUT2D eigenvalue weighted by Crippen LogP contribution is 2.35. The van der Waals surface area contributed by atoms with Crippen LogP contribution >= 0.6 is 0 Å². The Kier molecular flexibility index (Phi) is 4.13. The summed E-state index contributed by atoms with van der Waals surface area (Å²) in [7, 11) is 0. The van der Waals surface area contributed by atoms with Crippen molar-refractivity contribution in [3.05, 3.63) is 65.7 Å². The summed E-state index contributed by atoms with van der Waals surface area (Å²) in [5.74, 6) is -1.22. The standard InChI is InChI=1S/C18H14F3NO2/c19-18(20,21)14-7-4-8-15(11-14)22-16(23)9-13(10-17(22)24)12-5-2-1-3-6-12/h1-8,11,13H,9-10H2. The van der Waals surface area contributed by atoms with Gasteiger partial charge in [0.2, 0.25) is 11.8 Å². The van der Waals surface area contributed by atoms with Gasteiger partial charge in [-0.1, -0.05) is 36.4 Å². The third-order valence-corrected chi connectivity index (χ3v) is 4.04. The summed E-state index contributed by atoms with van der Waals surface area (Å²) in [4.78, 5) is 25.6. The fourth-order valence-corrected chi connectivity index (χ4v) is 2.89. The summed E-state index contributed by atoms with van der Waals surface area (Å²) >= 11 is 0. The van der Waals surface area contributed by atoms with Crippen LogP contribution in [-0.2, 0) is 15.8 Å². The molecule has 0 saturated carbocycles. The lowest BCUT2D eigenvalue weighted by molar-refractivity contribution is -0.138. The average Bonchev–Trinajstić information content (AvgIpc) is 2.54. The van der Waals surface area contributed by atoms with Crippen molar-refractivity contribution in [3.63, 3.8) is 0 Å². The molecular formula is C18H14F3NO2. The Morgan fingerprint density at radius 2 is 1.50 bits per heavy atom. The highest BCUT2D eigenvalue weighted by atomic mass is 19.4.